The van der Waals surface area contributed by atoms with Crippen molar-refractivity contribution in [1.82, 2.24) is 0 Å². The first kappa shape index (κ1) is 12.5. The van der Waals surface area contributed by atoms with Crippen LogP contribution in [0.5, 0.6) is 0 Å². The van der Waals surface area contributed by atoms with Crippen molar-refractivity contribution in [3.8, 4) is 0 Å². The van der Waals surface area contributed by atoms with Gasteiger partial charge in [-0.25, -0.2) is 14.2 Å². The SMILES string of the molecule is CC(C)CC1=N/C(=C/c2ccc(F)cc2)C(=O)O1. The molecule has 1 aromatic rings. The van der Waals surface area contributed by atoms with Crippen LogP contribution < -0.4 is 0 Å². The van der Waals surface area contributed by atoms with E-state index in [1.165, 1.54) is 12.1 Å². The number of halogens is 1. The van der Waals surface area contributed by atoms with Crippen LogP contribution in [-0.4, -0.2) is 11.9 Å². The number of ether oxygens (including phenoxy) is 1. The molecule has 18 heavy (non-hydrogen) atoms. The lowest BCUT2D eigenvalue weighted by Gasteiger charge is -2.01. The molecule has 0 fully saturated rings. The fourth-order valence-corrected chi connectivity index (χ4v) is 1.61. The number of carbonyl (C=O) groups is 1. The van der Waals surface area contributed by atoms with E-state index < -0.39 is 5.97 Å². The van der Waals surface area contributed by atoms with Gasteiger partial charge in [-0.15, -0.1) is 0 Å². The zero-order valence-corrected chi connectivity index (χ0v) is 10.3. The summed E-state index contributed by atoms with van der Waals surface area (Å²) in [4.78, 5) is 15.7. The van der Waals surface area contributed by atoms with E-state index in [4.69, 9.17) is 4.74 Å². The number of hydrogen-bond acceptors (Lipinski definition) is 3. The van der Waals surface area contributed by atoms with Crippen LogP contribution in [0.1, 0.15) is 25.8 Å². The molecule has 1 aromatic carbocycles. The lowest BCUT2D eigenvalue weighted by atomic mass is 10.1. The van der Waals surface area contributed by atoms with Crippen LogP contribution in [0.4, 0.5) is 4.39 Å². The van der Waals surface area contributed by atoms with Crippen LogP contribution in [-0.2, 0) is 9.53 Å². The molecule has 2 rings (SSSR count). The fraction of sp³-hybridized carbons (Fsp3) is 0.286. The minimum atomic E-state index is -0.449. The third kappa shape index (κ3) is 3.03. The fourth-order valence-electron chi connectivity index (χ4n) is 1.61. The first-order valence-corrected chi connectivity index (χ1v) is 5.81. The van der Waals surface area contributed by atoms with Gasteiger partial charge in [0.25, 0.3) is 0 Å². The molecule has 0 amide bonds. The summed E-state index contributed by atoms with van der Waals surface area (Å²) in [6, 6.07) is 5.86. The highest BCUT2D eigenvalue weighted by atomic mass is 19.1. The van der Waals surface area contributed by atoms with Crippen LogP contribution in [0.15, 0.2) is 35.0 Å². The monoisotopic (exact) mass is 247 g/mol. The van der Waals surface area contributed by atoms with Gasteiger partial charge in [0.05, 0.1) is 0 Å². The van der Waals surface area contributed by atoms with E-state index in [9.17, 15) is 9.18 Å². The van der Waals surface area contributed by atoms with Crippen molar-refractivity contribution in [2.75, 3.05) is 0 Å². The molecule has 0 saturated carbocycles. The van der Waals surface area contributed by atoms with Gasteiger partial charge < -0.3 is 4.74 Å². The lowest BCUT2D eigenvalue weighted by molar-refractivity contribution is -0.130. The quantitative estimate of drug-likeness (QED) is 0.608. The molecule has 0 atom stereocenters. The number of hydrogen-bond donors (Lipinski definition) is 0. The Hall–Kier alpha value is -1.97. The molecule has 0 radical (unpaired) electrons. The van der Waals surface area contributed by atoms with Crippen LogP contribution in [0.3, 0.4) is 0 Å². The van der Waals surface area contributed by atoms with E-state index >= 15 is 0 Å². The van der Waals surface area contributed by atoms with Crippen LogP contribution in [0.25, 0.3) is 6.08 Å². The summed E-state index contributed by atoms with van der Waals surface area (Å²) in [5.74, 6) is 0.0650. The van der Waals surface area contributed by atoms with Gasteiger partial charge in [0.15, 0.2) is 11.6 Å². The Morgan fingerprint density at radius 2 is 2.00 bits per heavy atom. The second-order valence-corrected chi connectivity index (χ2v) is 4.57. The van der Waals surface area contributed by atoms with E-state index in [-0.39, 0.29) is 11.5 Å². The molecule has 1 aliphatic rings. The Kier molecular flexibility index (Phi) is 3.55. The van der Waals surface area contributed by atoms with Gasteiger partial charge in [-0.1, -0.05) is 26.0 Å². The van der Waals surface area contributed by atoms with Gasteiger partial charge in [-0.05, 0) is 29.7 Å². The molecule has 1 aliphatic heterocycles. The molecule has 4 heteroatoms. The van der Waals surface area contributed by atoms with Gasteiger partial charge in [0.1, 0.15) is 5.82 Å². The molecule has 0 spiro atoms. The van der Waals surface area contributed by atoms with Crippen LogP contribution >= 0.6 is 0 Å². The van der Waals surface area contributed by atoms with Gasteiger partial charge in [0.2, 0.25) is 0 Å². The number of esters is 1. The number of aliphatic imine (C=N–C) groups is 1. The van der Waals surface area contributed by atoms with Gasteiger partial charge in [-0.2, -0.15) is 0 Å². The minimum Gasteiger partial charge on any atom is -0.407 e. The normalized spacial score (nSPS) is 17.2. The van der Waals surface area contributed by atoms with Crippen molar-refractivity contribution in [1.29, 1.82) is 0 Å². The van der Waals surface area contributed by atoms with Crippen molar-refractivity contribution in [2.45, 2.75) is 20.3 Å². The maximum Gasteiger partial charge on any atom is 0.363 e. The molecule has 0 aromatic heterocycles. The van der Waals surface area contributed by atoms with Crippen molar-refractivity contribution in [3.63, 3.8) is 0 Å². The Morgan fingerprint density at radius 1 is 1.33 bits per heavy atom. The number of rotatable bonds is 3. The maximum absolute atomic E-state index is 12.7. The lowest BCUT2D eigenvalue weighted by Crippen LogP contribution is -2.06. The smallest absolute Gasteiger partial charge is 0.363 e. The van der Waals surface area contributed by atoms with Crippen molar-refractivity contribution in [3.05, 3.63) is 41.3 Å². The summed E-state index contributed by atoms with van der Waals surface area (Å²) >= 11 is 0. The Balaban J connectivity index is 2.20. The third-order valence-electron chi connectivity index (χ3n) is 2.42. The van der Waals surface area contributed by atoms with Gasteiger partial charge in [-0.3, -0.25) is 0 Å². The molecule has 0 bridgehead atoms. The third-order valence-corrected chi connectivity index (χ3v) is 2.42. The van der Waals surface area contributed by atoms with Crippen LogP contribution in [0, 0.1) is 11.7 Å². The van der Waals surface area contributed by atoms with Crippen molar-refractivity contribution in [2.24, 2.45) is 10.9 Å². The predicted octanol–water partition coefficient (Wildman–Crippen LogP) is 3.17. The molecule has 0 N–H and O–H groups in total. The largest absolute Gasteiger partial charge is 0.407 e. The second-order valence-electron chi connectivity index (χ2n) is 4.57. The zero-order valence-electron chi connectivity index (χ0n) is 10.3. The molecular weight excluding hydrogens is 233 g/mol. The number of carbonyl (C=O) groups excluding carboxylic acids is 1. The topological polar surface area (TPSA) is 38.7 Å². The Bertz CT molecular complexity index is 515. The number of cyclic esters (lactones) is 1. The average Bonchev–Trinajstić information content (AvgIpc) is 2.61. The zero-order chi connectivity index (χ0) is 13.1. The molecule has 0 aliphatic carbocycles. The molecule has 3 nitrogen and oxygen atoms in total. The molecule has 0 unspecified atom stereocenters. The predicted molar refractivity (Wildman–Crippen MR) is 67.4 cm³/mol. The maximum atomic E-state index is 12.7. The summed E-state index contributed by atoms with van der Waals surface area (Å²) in [5, 5.41) is 0. The Labute approximate surface area is 105 Å². The van der Waals surface area contributed by atoms with E-state index in [1.54, 1.807) is 18.2 Å². The van der Waals surface area contributed by atoms with Crippen LogP contribution in [0.2, 0.25) is 0 Å². The first-order valence-electron chi connectivity index (χ1n) is 5.81. The van der Waals surface area contributed by atoms with Gasteiger partial charge >= 0.3 is 5.97 Å². The number of benzene rings is 1. The van der Waals surface area contributed by atoms with Crippen molar-refractivity contribution >= 4 is 17.9 Å². The van der Waals surface area contributed by atoms with E-state index in [1.807, 2.05) is 13.8 Å². The van der Waals surface area contributed by atoms with Gasteiger partial charge in [0, 0.05) is 6.42 Å². The van der Waals surface area contributed by atoms with E-state index in [0.717, 1.165) is 5.56 Å². The standard InChI is InChI=1S/C14H14FNO2/c1-9(2)7-13-16-12(14(17)18-13)8-10-3-5-11(15)6-4-10/h3-6,8-9H,7H2,1-2H3/b12-8+. The second kappa shape index (κ2) is 5.12. The molecule has 0 saturated heterocycles. The molecule has 94 valence electrons. The summed E-state index contributed by atoms with van der Waals surface area (Å²) in [6.07, 6.45) is 2.22. The first-order chi connectivity index (χ1) is 8.54. The Morgan fingerprint density at radius 3 is 2.61 bits per heavy atom. The molecular formula is C14H14FNO2. The average molecular weight is 247 g/mol. The summed E-state index contributed by atoms with van der Waals surface area (Å²) < 4.78 is 17.8. The highest BCUT2D eigenvalue weighted by Gasteiger charge is 2.23. The highest BCUT2D eigenvalue weighted by Crippen LogP contribution is 2.18. The number of nitrogens with zero attached hydrogens (tertiary/aromatic N) is 1. The van der Waals surface area contributed by atoms with Crippen molar-refractivity contribution < 1.29 is 13.9 Å². The highest BCUT2D eigenvalue weighted by molar-refractivity contribution is 6.07. The summed E-state index contributed by atoms with van der Waals surface area (Å²) in [6.45, 7) is 4.05. The summed E-state index contributed by atoms with van der Waals surface area (Å²) in [5.41, 5.74) is 0.982. The summed E-state index contributed by atoms with van der Waals surface area (Å²) in [7, 11) is 0. The van der Waals surface area contributed by atoms with E-state index in [0.29, 0.717) is 18.2 Å². The molecule has 1 heterocycles. The minimum absolute atomic E-state index is 0.261. The van der Waals surface area contributed by atoms with E-state index in [2.05, 4.69) is 4.99 Å².